The Morgan fingerprint density at radius 2 is 1.94 bits per heavy atom. The molecule has 1 aliphatic heterocycles. The standard InChI is InChI=1S/C14H19NS/c15-14-11-6-2-1-5-10(11)9-16-13-8-4-3-7-12(13)14/h3-4,7-8,10-11,14H,1-2,5-6,9,15H2/t10-,11+,14+/m0/s1. The zero-order valence-electron chi connectivity index (χ0n) is 9.56. The first-order chi connectivity index (χ1) is 7.86. The number of thioether (sulfide) groups is 1. The molecular weight excluding hydrogens is 214 g/mol. The average molecular weight is 233 g/mol. The largest absolute Gasteiger partial charge is 0.324 e. The summed E-state index contributed by atoms with van der Waals surface area (Å²) in [6, 6.07) is 8.99. The van der Waals surface area contributed by atoms with Gasteiger partial charge in [0.05, 0.1) is 0 Å². The molecule has 0 radical (unpaired) electrons. The minimum absolute atomic E-state index is 0.275. The quantitative estimate of drug-likeness (QED) is 0.741. The molecule has 1 heterocycles. The lowest BCUT2D eigenvalue weighted by Gasteiger charge is -2.33. The Morgan fingerprint density at radius 3 is 2.88 bits per heavy atom. The van der Waals surface area contributed by atoms with Gasteiger partial charge in [0.2, 0.25) is 0 Å². The van der Waals surface area contributed by atoms with Crippen molar-refractivity contribution in [3.05, 3.63) is 29.8 Å². The van der Waals surface area contributed by atoms with Gasteiger partial charge in [-0.2, -0.15) is 0 Å². The predicted molar refractivity (Wildman–Crippen MR) is 69.5 cm³/mol. The first-order valence-electron chi connectivity index (χ1n) is 6.33. The van der Waals surface area contributed by atoms with Crippen molar-refractivity contribution in [2.45, 2.75) is 36.6 Å². The van der Waals surface area contributed by atoms with Crippen LogP contribution in [0.5, 0.6) is 0 Å². The van der Waals surface area contributed by atoms with Crippen molar-refractivity contribution in [1.29, 1.82) is 0 Å². The maximum Gasteiger partial charge on any atom is 0.0337 e. The number of fused-ring (bicyclic) bond motifs is 2. The molecule has 1 aliphatic carbocycles. The summed E-state index contributed by atoms with van der Waals surface area (Å²) in [5.41, 5.74) is 7.88. The summed E-state index contributed by atoms with van der Waals surface area (Å²) in [4.78, 5) is 1.42. The molecule has 3 rings (SSSR count). The van der Waals surface area contributed by atoms with Gasteiger partial charge in [0.1, 0.15) is 0 Å². The molecule has 86 valence electrons. The van der Waals surface area contributed by atoms with Gasteiger partial charge in [0, 0.05) is 16.7 Å². The van der Waals surface area contributed by atoms with Crippen LogP contribution in [0.4, 0.5) is 0 Å². The van der Waals surface area contributed by atoms with Crippen LogP contribution in [-0.4, -0.2) is 5.75 Å². The van der Waals surface area contributed by atoms with Crippen LogP contribution < -0.4 is 5.73 Å². The molecule has 1 nitrogen and oxygen atoms in total. The number of benzene rings is 1. The molecule has 0 unspecified atom stereocenters. The van der Waals surface area contributed by atoms with Crippen LogP contribution in [0.1, 0.15) is 37.3 Å². The Hall–Kier alpha value is -0.470. The zero-order valence-corrected chi connectivity index (χ0v) is 10.4. The van der Waals surface area contributed by atoms with Crippen molar-refractivity contribution in [2.75, 3.05) is 5.75 Å². The molecule has 16 heavy (non-hydrogen) atoms. The topological polar surface area (TPSA) is 26.0 Å². The molecule has 1 aromatic rings. The van der Waals surface area contributed by atoms with Crippen molar-refractivity contribution in [2.24, 2.45) is 17.6 Å². The summed E-state index contributed by atoms with van der Waals surface area (Å²) in [5, 5.41) is 0. The summed E-state index contributed by atoms with van der Waals surface area (Å²) in [5.74, 6) is 2.85. The summed E-state index contributed by atoms with van der Waals surface area (Å²) in [7, 11) is 0. The maximum atomic E-state index is 6.49. The van der Waals surface area contributed by atoms with Crippen LogP contribution in [0.25, 0.3) is 0 Å². The monoisotopic (exact) mass is 233 g/mol. The summed E-state index contributed by atoms with van der Waals surface area (Å²) in [6.45, 7) is 0. The van der Waals surface area contributed by atoms with E-state index in [-0.39, 0.29) is 6.04 Å². The first kappa shape index (κ1) is 10.7. The van der Waals surface area contributed by atoms with Gasteiger partial charge in [-0.25, -0.2) is 0 Å². The normalized spacial score (nSPS) is 33.7. The van der Waals surface area contributed by atoms with E-state index in [1.54, 1.807) is 0 Å². The lowest BCUT2D eigenvalue weighted by Crippen LogP contribution is -2.30. The molecule has 2 heteroatoms. The minimum Gasteiger partial charge on any atom is -0.324 e. The molecule has 3 atom stereocenters. The first-order valence-corrected chi connectivity index (χ1v) is 7.32. The van der Waals surface area contributed by atoms with Crippen LogP contribution in [-0.2, 0) is 0 Å². The van der Waals surface area contributed by atoms with Gasteiger partial charge < -0.3 is 5.73 Å². The van der Waals surface area contributed by atoms with Gasteiger partial charge in [-0.3, -0.25) is 0 Å². The third-order valence-electron chi connectivity index (χ3n) is 4.16. The highest BCUT2D eigenvalue weighted by Gasteiger charge is 2.33. The van der Waals surface area contributed by atoms with Crippen LogP contribution in [0.2, 0.25) is 0 Å². The highest BCUT2D eigenvalue weighted by molar-refractivity contribution is 7.99. The van der Waals surface area contributed by atoms with Gasteiger partial charge >= 0.3 is 0 Å². The Balaban J connectivity index is 1.96. The van der Waals surface area contributed by atoms with Crippen molar-refractivity contribution in [3.8, 4) is 0 Å². The molecule has 1 aromatic carbocycles. The van der Waals surface area contributed by atoms with Crippen LogP contribution in [0.3, 0.4) is 0 Å². The second-order valence-electron chi connectivity index (χ2n) is 5.08. The molecule has 0 bridgehead atoms. The number of nitrogens with two attached hydrogens (primary N) is 1. The third kappa shape index (κ3) is 1.78. The fraction of sp³-hybridized carbons (Fsp3) is 0.571. The van der Waals surface area contributed by atoms with Gasteiger partial charge in [0.15, 0.2) is 0 Å². The molecule has 1 fully saturated rings. The summed E-state index contributed by atoms with van der Waals surface area (Å²) < 4.78 is 0. The molecule has 0 amide bonds. The van der Waals surface area contributed by atoms with E-state index in [0.29, 0.717) is 0 Å². The van der Waals surface area contributed by atoms with E-state index in [0.717, 1.165) is 11.8 Å². The van der Waals surface area contributed by atoms with E-state index in [9.17, 15) is 0 Å². The SMILES string of the molecule is N[C@H]1c2ccccc2SC[C@@H]2CCCC[C@H]21. The molecule has 2 N–H and O–H groups in total. The molecule has 0 saturated heterocycles. The fourth-order valence-electron chi connectivity index (χ4n) is 3.23. The second kappa shape index (κ2) is 4.42. The Morgan fingerprint density at radius 1 is 1.12 bits per heavy atom. The van der Waals surface area contributed by atoms with E-state index in [2.05, 4.69) is 24.3 Å². The van der Waals surface area contributed by atoms with Crippen LogP contribution in [0.15, 0.2) is 29.2 Å². The Bertz CT molecular complexity index is 377. The average Bonchev–Trinajstić information content (AvgIpc) is 2.49. The summed E-state index contributed by atoms with van der Waals surface area (Å²) >= 11 is 2.02. The highest BCUT2D eigenvalue weighted by Crippen LogP contribution is 2.45. The van der Waals surface area contributed by atoms with Crippen molar-refractivity contribution < 1.29 is 0 Å². The number of hydrogen-bond acceptors (Lipinski definition) is 2. The van der Waals surface area contributed by atoms with Crippen molar-refractivity contribution in [3.63, 3.8) is 0 Å². The minimum atomic E-state index is 0.275. The zero-order chi connectivity index (χ0) is 11.0. The lowest BCUT2D eigenvalue weighted by atomic mass is 9.75. The van der Waals surface area contributed by atoms with Gasteiger partial charge in [-0.05, 0) is 36.3 Å². The second-order valence-corrected chi connectivity index (χ2v) is 6.14. The predicted octanol–water partition coefficient (Wildman–Crippen LogP) is 3.60. The van der Waals surface area contributed by atoms with Crippen LogP contribution in [0, 0.1) is 11.8 Å². The van der Waals surface area contributed by atoms with Crippen LogP contribution >= 0.6 is 11.8 Å². The molecule has 2 aliphatic rings. The van der Waals surface area contributed by atoms with E-state index in [1.165, 1.54) is 41.9 Å². The highest BCUT2D eigenvalue weighted by atomic mass is 32.2. The van der Waals surface area contributed by atoms with Gasteiger partial charge in [0.25, 0.3) is 0 Å². The molecule has 1 saturated carbocycles. The van der Waals surface area contributed by atoms with Gasteiger partial charge in [-0.1, -0.05) is 31.0 Å². The van der Waals surface area contributed by atoms with Crippen molar-refractivity contribution in [1.82, 2.24) is 0 Å². The van der Waals surface area contributed by atoms with E-state index in [4.69, 9.17) is 5.73 Å². The molecule has 0 aromatic heterocycles. The smallest absolute Gasteiger partial charge is 0.0337 e. The van der Waals surface area contributed by atoms with E-state index >= 15 is 0 Å². The Labute approximate surface area is 102 Å². The fourth-order valence-corrected chi connectivity index (χ4v) is 4.58. The number of rotatable bonds is 0. The Kier molecular flexibility index (Phi) is 2.95. The number of hydrogen-bond donors (Lipinski definition) is 1. The molecular formula is C14H19NS. The van der Waals surface area contributed by atoms with E-state index in [1.807, 2.05) is 11.8 Å². The van der Waals surface area contributed by atoms with Crippen molar-refractivity contribution >= 4 is 11.8 Å². The van der Waals surface area contributed by atoms with Gasteiger partial charge in [-0.15, -0.1) is 11.8 Å². The maximum absolute atomic E-state index is 6.49. The lowest BCUT2D eigenvalue weighted by molar-refractivity contribution is 0.224. The summed E-state index contributed by atoms with van der Waals surface area (Å²) in [6.07, 6.45) is 5.51. The van der Waals surface area contributed by atoms with E-state index < -0.39 is 0 Å². The third-order valence-corrected chi connectivity index (χ3v) is 5.44. The molecule has 0 spiro atoms.